The van der Waals surface area contributed by atoms with E-state index in [1.165, 1.54) is 23.8 Å². The number of carbonyl (C=O) groups is 3. The van der Waals surface area contributed by atoms with Gasteiger partial charge in [-0.1, -0.05) is 25.6 Å². The van der Waals surface area contributed by atoms with Crippen molar-refractivity contribution >= 4 is 29.6 Å². The summed E-state index contributed by atoms with van der Waals surface area (Å²) in [6.07, 6.45) is 0.694. The Morgan fingerprint density at radius 2 is 2.05 bits per heavy atom. The predicted molar refractivity (Wildman–Crippen MR) is 67.7 cm³/mol. The Balaban J connectivity index is 2.28. The lowest BCUT2D eigenvalue weighted by Crippen LogP contribution is -2.56. The maximum atomic E-state index is 11.9. The molecule has 0 N–H and O–H groups in total. The summed E-state index contributed by atoms with van der Waals surface area (Å²) in [5.41, 5.74) is 0.0155. The predicted octanol–water partition coefficient (Wildman–Crippen LogP) is 0.875. The Morgan fingerprint density at radius 1 is 1.37 bits per heavy atom. The fourth-order valence-corrected chi connectivity index (χ4v) is 3.30. The molecule has 2 heterocycles. The van der Waals surface area contributed by atoms with Crippen LogP contribution in [-0.2, 0) is 23.9 Å². The minimum absolute atomic E-state index is 0.0155. The SMILES string of the molecule is CCCOC(=O)C1=C(C(=O)OC)N2C(=O)[C@H](C)[C@H]2S1. The van der Waals surface area contributed by atoms with E-state index >= 15 is 0 Å². The quantitative estimate of drug-likeness (QED) is 0.564. The number of methoxy groups -OCH3 is 1. The molecule has 1 saturated heterocycles. The molecule has 0 bridgehead atoms. The van der Waals surface area contributed by atoms with Crippen LogP contribution in [-0.4, -0.2) is 41.8 Å². The molecule has 0 radical (unpaired) electrons. The number of fused-ring (bicyclic) bond motifs is 1. The number of β-lactam (4-membered cyclic amide) rings is 1. The summed E-state index contributed by atoms with van der Waals surface area (Å²) < 4.78 is 9.67. The maximum absolute atomic E-state index is 11.9. The normalized spacial score (nSPS) is 25.0. The van der Waals surface area contributed by atoms with E-state index in [0.717, 1.165) is 0 Å². The van der Waals surface area contributed by atoms with Gasteiger partial charge in [-0.25, -0.2) is 9.59 Å². The van der Waals surface area contributed by atoms with E-state index in [0.29, 0.717) is 6.42 Å². The van der Waals surface area contributed by atoms with E-state index in [9.17, 15) is 14.4 Å². The average molecular weight is 285 g/mol. The number of hydrogen-bond donors (Lipinski definition) is 0. The summed E-state index contributed by atoms with van der Waals surface area (Å²) in [7, 11) is 1.22. The van der Waals surface area contributed by atoms with Gasteiger partial charge < -0.3 is 9.47 Å². The molecule has 7 heteroatoms. The Morgan fingerprint density at radius 3 is 2.63 bits per heavy atom. The van der Waals surface area contributed by atoms with Gasteiger partial charge in [0.1, 0.15) is 4.91 Å². The van der Waals surface area contributed by atoms with Gasteiger partial charge in [0.25, 0.3) is 0 Å². The van der Waals surface area contributed by atoms with Crippen LogP contribution < -0.4 is 0 Å². The molecule has 0 aliphatic carbocycles. The topological polar surface area (TPSA) is 72.9 Å². The molecule has 0 spiro atoms. The fraction of sp³-hybridized carbons (Fsp3) is 0.583. The van der Waals surface area contributed by atoms with Gasteiger partial charge in [-0.15, -0.1) is 0 Å². The lowest BCUT2D eigenvalue weighted by atomic mass is 10.00. The number of ether oxygens (including phenoxy) is 2. The van der Waals surface area contributed by atoms with E-state index in [2.05, 4.69) is 4.74 Å². The second-order valence-corrected chi connectivity index (χ2v) is 5.44. The van der Waals surface area contributed by atoms with Crippen molar-refractivity contribution in [2.24, 2.45) is 5.92 Å². The largest absolute Gasteiger partial charge is 0.464 e. The maximum Gasteiger partial charge on any atom is 0.356 e. The van der Waals surface area contributed by atoms with Crippen molar-refractivity contribution in [3.8, 4) is 0 Å². The number of esters is 2. The first-order valence-electron chi connectivity index (χ1n) is 6.02. The summed E-state index contributed by atoms with van der Waals surface area (Å²) >= 11 is 1.19. The highest BCUT2D eigenvalue weighted by molar-refractivity contribution is 8.05. The van der Waals surface area contributed by atoms with Crippen molar-refractivity contribution in [1.82, 2.24) is 4.90 Å². The van der Waals surface area contributed by atoms with Gasteiger partial charge in [0.2, 0.25) is 5.91 Å². The third-order valence-electron chi connectivity index (χ3n) is 3.01. The molecule has 0 saturated carbocycles. The highest BCUT2D eigenvalue weighted by Crippen LogP contribution is 2.49. The van der Waals surface area contributed by atoms with Crippen molar-refractivity contribution in [2.75, 3.05) is 13.7 Å². The van der Waals surface area contributed by atoms with E-state index in [1.54, 1.807) is 6.92 Å². The smallest absolute Gasteiger partial charge is 0.356 e. The van der Waals surface area contributed by atoms with Gasteiger partial charge in [0, 0.05) is 0 Å². The fourth-order valence-electron chi connectivity index (χ4n) is 1.98. The van der Waals surface area contributed by atoms with Crippen LogP contribution >= 0.6 is 11.8 Å². The van der Waals surface area contributed by atoms with Crippen LogP contribution in [0.4, 0.5) is 0 Å². The third-order valence-corrected chi connectivity index (χ3v) is 4.46. The molecule has 2 atom stereocenters. The van der Waals surface area contributed by atoms with Crippen LogP contribution in [0.15, 0.2) is 10.6 Å². The second-order valence-electron chi connectivity index (χ2n) is 4.31. The minimum atomic E-state index is -0.682. The number of carbonyl (C=O) groups excluding carboxylic acids is 3. The highest BCUT2D eigenvalue weighted by Gasteiger charge is 2.55. The standard InChI is InChI=1S/C12H15NO5S/c1-4-5-18-12(16)8-7(11(15)17-3)13-9(14)6(2)10(13)19-8/h6,10H,4-5H2,1-3H3/t6-,10+/m0/s1. The second kappa shape index (κ2) is 5.24. The first-order valence-corrected chi connectivity index (χ1v) is 6.90. The van der Waals surface area contributed by atoms with Gasteiger partial charge in [-0.05, 0) is 6.42 Å². The van der Waals surface area contributed by atoms with Crippen LogP contribution in [0.5, 0.6) is 0 Å². The van der Waals surface area contributed by atoms with Crippen molar-refractivity contribution in [1.29, 1.82) is 0 Å². The van der Waals surface area contributed by atoms with Gasteiger partial charge in [0.05, 0.1) is 25.0 Å². The lowest BCUT2D eigenvalue weighted by molar-refractivity contribution is -0.152. The number of hydrogen-bond acceptors (Lipinski definition) is 6. The van der Waals surface area contributed by atoms with Crippen molar-refractivity contribution in [3.63, 3.8) is 0 Å². The molecule has 0 aromatic heterocycles. The third kappa shape index (κ3) is 2.11. The molecule has 1 fully saturated rings. The Labute approximate surface area is 115 Å². The first-order chi connectivity index (χ1) is 9.02. The van der Waals surface area contributed by atoms with E-state index in [1.807, 2.05) is 6.92 Å². The van der Waals surface area contributed by atoms with Gasteiger partial charge >= 0.3 is 11.9 Å². The highest BCUT2D eigenvalue weighted by atomic mass is 32.2. The van der Waals surface area contributed by atoms with Crippen LogP contribution in [0.2, 0.25) is 0 Å². The molecule has 2 aliphatic rings. The zero-order valence-electron chi connectivity index (χ0n) is 11.0. The molecule has 0 aromatic rings. The number of amides is 1. The Hall–Kier alpha value is -1.50. The molecule has 0 aromatic carbocycles. The van der Waals surface area contributed by atoms with Gasteiger partial charge in [-0.3, -0.25) is 9.69 Å². The van der Waals surface area contributed by atoms with Crippen LogP contribution in [0.3, 0.4) is 0 Å². The summed E-state index contributed by atoms with van der Waals surface area (Å²) in [5, 5.41) is -0.203. The van der Waals surface area contributed by atoms with Crippen molar-refractivity contribution in [2.45, 2.75) is 25.6 Å². The summed E-state index contributed by atoms with van der Waals surface area (Å²) in [6.45, 7) is 3.93. The number of thioether (sulfide) groups is 1. The van der Waals surface area contributed by atoms with E-state index in [-0.39, 0.29) is 34.4 Å². The Kier molecular flexibility index (Phi) is 3.84. The lowest BCUT2D eigenvalue weighted by Gasteiger charge is -2.40. The molecular formula is C12H15NO5S. The number of nitrogens with zero attached hydrogens (tertiary/aromatic N) is 1. The molecule has 6 nitrogen and oxygen atoms in total. The zero-order valence-corrected chi connectivity index (χ0v) is 11.8. The zero-order chi connectivity index (χ0) is 14.2. The molecule has 1 amide bonds. The van der Waals surface area contributed by atoms with Crippen molar-refractivity contribution < 1.29 is 23.9 Å². The monoisotopic (exact) mass is 285 g/mol. The molecule has 2 aliphatic heterocycles. The van der Waals surface area contributed by atoms with Gasteiger partial charge in [-0.2, -0.15) is 0 Å². The molecule has 0 unspecified atom stereocenters. The van der Waals surface area contributed by atoms with Crippen molar-refractivity contribution in [3.05, 3.63) is 10.6 Å². The Bertz CT molecular complexity index is 473. The summed E-state index contributed by atoms with van der Waals surface area (Å²) in [5.74, 6) is -1.63. The first kappa shape index (κ1) is 13.9. The van der Waals surface area contributed by atoms with Gasteiger partial charge in [0.15, 0.2) is 5.70 Å². The summed E-state index contributed by atoms with van der Waals surface area (Å²) in [4.78, 5) is 36.9. The average Bonchev–Trinajstić information content (AvgIpc) is 2.79. The van der Waals surface area contributed by atoms with E-state index in [4.69, 9.17) is 4.74 Å². The minimum Gasteiger partial charge on any atom is -0.464 e. The van der Waals surface area contributed by atoms with E-state index < -0.39 is 11.9 Å². The molecule has 19 heavy (non-hydrogen) atoms. The van der Waals surface area contributed by atoms with Crippen LogP contribution in [0, 0.1) is 5.92 Å². The molecule has 104 valence electrons. The molecule has 2 rings (SSSR count). The summed E-state index contributed by atoms with van der Waals surface area (Å²) in [6, 6.07) is 0. The van der Waals surface area contributed by atoms with Crippen LogP contribution in [0.25, 0.3) is 0 Å². The van der Waals surface area contributed by atoms with Crippen LogP contribution in [0.1, 0.15) is 20.3 Å². The molecular weight excluding hydrogens is 270 g/mol. The number of rotatable bonds is 4.